The Morgan fingerprint density at radius 3 is 2.53 bits per heavy atom. The van der Waals surface area contributed by atoms with Gasteiger partial charge in [-0.05, 0) is 37.3 Å². The van der Waals surface area contributed by atoms with Crippen LogP contribution < -0.4 is 4.74 Å². The highest BCUT2D eigenvalue weighted by Gasteiger charge is 2.10. The second kappa shape index (κ2) is 6.02. The van der Waals surface area contributed by atoms with Crippen molar-refractivity contribution < 1.29 is 4.74 Å². The zero-order valence-electron chi connectivity index (χ0n) is 9.66. The molecule has 0 saturated heterocycles. The number of ether oxygens (including phenoxy) is 1. The Kier molecular flexibility index (Phi) is 4.97. The SMILES string of the molecule is COc1ccccc1CC(C)CC(C)Cl. The van der Waals surface area contributed by atoms with Crippen molar-refractivity contribution in [3.05, 3.63) is 29.8 Å². The van der Waals surface area contributed by atoms with Crippen molar-refractivity contribution in [3.8, 4) is 5.75 Å². The Bertz CT molecular complexity index is 296. The van der Waals surface area contributed by atoms with Gasteiger partial charge in [-0.25, -0.2) is 0 Å². The highest BCUT2D eigenvalue weighted by atomic mass is 35.5. The maximum Gasteiger partial charge on any atom is 0.122 e. The monoisotopic (exact) mass is 226 g/mol. The molecule has 0 aliphatic rings. The molecule has 0 saturated carbocycles. The van der Waals surface area contributed by atoms with Crippen LogP contribution in [0.2, 0.25) is 0 Å². The third kappa shape index (κ3) is 4.13. The lowest BCUT2D eigenvalue weighted by molar-refractivity contribution is 0.404. The average Bonchev–Trinajstić information content (AvgIpc) is 2.17. The molecule has 1 nitrogen and oxygen atoms in total. The summed E-state index contributed by atoms with van der Waals surface area (Å²) in [7, 11) is 1.72. The quantitative estimate of drug-likeness (QED) is 0.693. The Morgan fingerprint density at radius 1 is 1.27 bits per heavy atom. The van der Waals surface area contributed by atoms with E-state index in [2.05, 4.69) is 19.1 Å². The standard InChI is InChI=1S/C13H19ClO/c1-10(8-11(2)14)9-12-6-4-5-7-13(12)15-3/h4-7,10-11H,8-9H2,1-3H3. The lowest BCUT2D eigenvalue weighted by Gasteiger charge is -2.14. The number of alkyl halides is 1. The number of hydrogen-bond acceptors (Lipinski definition) is 1. The fourth-order valence-corrected chi connectivity index (χ4v) is 2.19. The van der Waals surface area contributed by atoms with E-state index < -0.39 is 0 Å². The van der Waals surface area contributed by atoms with Crippen LogP contribution in [0.15, 0.2) is 24.3 Å². The number of methoxy groups -OCH3 is 1. The predicted octanol–water partition coefficient (Wildman–Crippen LogP) is 3.89. The van der Waals surface area contributed by atoms with Gasteiger partial charge in [0.15, 0.2) is 0 Å². The van der Waals surface area contributed by atoms with Crippen LogP contribution in [0.1, 0.15) is 25.8 Å². The van der Waals surface area contributed by atoms with Gasteiger partial charge in [0, 0.05) is 5.38 Å². The number of rotatable bonds is 5. The summed E-state index contributed by atoms with van der Waals surface area (Å²) in [4.78, 5) is 0. The van der Waals surface area contributed by atoms with E-state index in [0.29, 0.717) is 5.92 Å². The summed E-state index contributed by atoms with van der Waals surface area (Å²) in [6, 6.07) is 8.17. The molecule has 0 aliphatic heterocycles. The Hall–Kier alpha value is -0.690. The topological polar surface area (TPSA) is 9.23 Å². The summed E-state index contributed by atoms with van der Waals surface area (Å²) in [5.41, 5.74) is 1.27. The number of para-hydroxylation sites is 1. The number of hydrogen-bond donors (Lipinski definition) is 0. The molecule has 0 heterocycles. The molecule has 0 spiro atoms. The van der Waals surface area contributed by atoms with Crippen molar-refractivity contribution in [2.24, 2.45) is 5.92 Å². The predicted molar refractivity (Wildman–Crippen MR) is 65.8 cm³/mol. The zero-order valence-corrected chi connectivity index (χ0v) is 10.4. The molecule has 1 rings (SSSR count). The van der Waals surface area contributed by atoms with Crippen LogP contribution in [0.25, 0.3) is 0 Å². The minimum atomic E-state index is 0.245. The van der Waals surface area contributed by atoms with E-state index >= 15 is 0 Å². The molecule has 2 unspecified atom stereocenters. The molecular formula is C13H19ClO. The van der Waals surface area contributed by atoms with E-state index in [-0.39, 0.29) is 5.38 Å². The van der Waals surface area contributed by atoms with Crippen molar-refractivity contribution in [1.82, 2.24) is 0 Å². The van der Waals surface area contributed by atoms with Crippen molar-refractivity contribution in [1.29, 1.82) is 0 Å². The number of benzene rings is 1. The molecule has 84 valence electrons. The van der Waals surface area contributed by atoms with Gasteiger partial charge in [0.2, 0.25) is 0 Å². The lowest BCUT2D eigenvalue weighted by Crippen LogP contribution is -2.06. The third-order valence-corrected chi connectivity index (χ3v) is 2.67. The second-order valence-electron chi connectivity index (χ2n) is 4.14. The molecule has 15 heavy (non-hydrogen) atoms. The molecule has 1 aromatic rings. The van der Waals surface area contributed by atoms with Crippen LogP contribution in [0.4, 0.5) is 0 Å². The van der Waals surface area contributed by atoms with Crippen LogP contribution in [0, 0.1) is 5.92 Å². The van der Waals surface area contributed by atoms with E-state index in [9.17, 15) is 0 Å². The summed E-state index contributed by atoms with van der Waals surface area (Å²) in [5.74, 6) is 1.57. The van der Waals surface area contributed by atoms with Crippen molar-refractivity contribution in [2.45, 2.75) is 32.1 Å². The Morgan fingerprint density at radius 2 is 1.93 bits per heavy atom. The maximum atomic E-state index is 5.98. The van der Waals surface area contributed by atoms with Crippen LogP contribution in [0.3, 0.4) is 0 Å². The van der Waals surface area contributed by atoms with Gasteiger partial charge < -0.3 is 4.74 Å². The molecule has 2 atom stereocenters. The van der Waals surface area contributed by atoms with Gasteiger partial charge in [-0.15, -0.1) is 11.6 Å². The fraction of sp³-hybridized carbons (Fsp3) is 0.538. The van der Waals surface area contributed by atoms with Crippen molar-refractivity contribution in [3.63, 3.8) is 0 Å². The molecule has 1 aromatic carbocycles. The van der Waals surface area contributed by atoms with E-state index in [1.807, 2.05) is 19.1 Å². The van der Waals surface area contributed by atoms with Gasteiger partial charge in [-0.2, -0.15) is 0 Å². The molecule has 0 aromatic heterocycles. The first-order valence-electron chi connectivity index (χ1n) is 5.39. The molecule has 0 bridgehead atoms. The van der Waals surface area contributed by atoms with E-state index in [4.69, 9.17) is 16.3 Å². The molecule has 0 fully saturated rings. The first-order chi connectivity index (χ1) is 7.13. The van der Waals surface area contributed by atoms with Crippen LogP contribution in [-0.4, -0.2) is 12.5 Å². The van der Waals surface area contributed by atoms with E-state index in [1.165, 1.54) is 5.56 Å². The molecule has 0 aliphatic carbocycles. The van der Waals surface area contributed by atoms with Crippen LogP contribution in [0.5, 0.6) is 5.75 Å². The smallest absolute Gasteiger partial charge is 0.122 e. The first kappa shape index (κ1) is 12.4. The molecule has 2 heteroatoms. The van der Waals surface area contributed by atoms with E-state index in [1.54, 1.807) is 7.11 Å². The summed E-state index contributed by atoms with van der Waals surface area (Å²) in [5, 5.41) is 0.245. The Labute approximate surface area is 97.4 Å². The highest BCUT2D eigenvalue weighted by Crippen LogP contribution is 2.23. The zero-order chi connectivity index (χ0) is 11.3. The van der Waals surface area contributed by atoms with Gasteiger partial charge in [0.1, 0.15) is 5.75 Å². The molecule has 0 radical (unpaired) electrons. The molecular weight excluding hydrogens is 208 g/mol. The first-order valence-corrected chi connectivity index (χ1v) is 5.83. The Balaban J connectivity index is 2.63. The van der Waals surface area contributed by atoms with Gasteiger partial charge in [0.05, 0.1) is 7.11 Å². The maximum absolute atomic E-state index is 5.98. The summed E-state index contributed by atoms with van der Waals surface area (Å²) < 4.78 is 5.32. The van der Waals surface area contributed by atoms with Gasteiger partial charge in [-0.3, -0.25) is 0 Å². The van der Waals surface area contributed by atoms with Gasteiger partial charge in [-0.1, -0.05) is 25.1 Å². The van der Waals surface area contributed by atoms with Crippen LogP contribution >= 0.6 is 11.6 Å². The second-order valence-corrected chi connectivity index (χ2v) is 4.88. The molecule has 0 N–H and O–H groups in total. The average molecular weight is 227 g/mol. The minimum absolute atomic E-state index is 0.245. The largest absolute Gasteiger partial charge is 0.496 e. The van der Waals surface area contributed by atoms with E-state index in [0.717, 1.165) is 18.6 Å². The summed E-state index contributed by atoms with van der Waals surface area (Å²) in [6.07, 6.45) is 2.07. The summed E-state index contributed by atoms with van der Waals surface area (Å²) >= 11 is 5.98. The number of halogens is 1. The van der Waals surface area contributed by atoms with Crippen molar-refractivity contribution in [2.75, 3.05) is 7.11 Å². The summed E-state index contributed by atoms with van der Waals surface area (Å²) in [6.45, 7) is 4.27. The lowest BCUT2D eigenvalue weighted by atomic mass is 9.96. The van der Waals surface area contributed by atoms with Crippen molar-refractivity contribution >= 4 is 11.6 Å². The minimum Gasteiger partial charge on any atom is -0.496 e. The fourth-order valence-electron chi connectivity index (χ4n) is 1.88. The molecule has 0 amide bonds. The normalized spacial score (nSPS) is 14.7. The van der Waals surface area contributed by atoms with Gasteiger partial charge >= 0.3 is 0 Å². The van der Waals surface area contributed by atoms with Gasteiger partial charge in [0.25, 0.3) is 0 Å². The highest BCUT2D eigenvalue weighted by molar-refractivity contribution is 6.20. The van der Waals surface area contributed by atoms with Crippen LogP contribution in [-0.2, 0) is 6.42 Å². The third-order valence-electron chi connectivity index (χ3n) is 2.49.